The van der Waals surface area contributed by atoms with Crippen molar-refractivity contribution in [1.82, 2.24) is 14.5 Å². The predicted octanol–water partition coefficient (Wildman–Crippen LogP) is 2.88. The van der Waals surface area contributed by atoms with Crippen LogP contribution in [0.3, 0.4) is 0 Å². The Morgan fingerprint density at radius 3 is 2.43 bits per heavy atom. The fourth-order valence-corrected chi connectivity index (χ4v) is 3.67. The molecule has 0 spiro atoms. The second-order valence-electron chi connectivity index (χ2n) is 7.07. The van der Waals surface area contributed by atoms with Gasteiger partial charge in [0.1, 0.15) is 5.75 Å². The number of benzene rings is 2. The maximum atomic E-state index is 5.88. The molecule has 0 unspecified atom stereocenters. The van der Waals surface area contributed by atoms with E-state index < -0.39 is 0 Å². The van der Waals surface area contributed by atoms with Crippen molar-refractivity contribution in [3.05, 3.63) is 54.9 Å². The average molecular weight is 380 g/mol. The van der Waals surface area contributed by atoms with Gasteiger partial charge in [0.15, 0.2) is 0 Å². The number of nitrogens with zero attached hydrogens (tertiary/aromatic N) is 4. The van der Waals surface area contributed by atoms with Gasteiger partial charge in [-0.15, -0.1) is 0 Å². The third kappa shape index (κ3) is 4.46. The van der Waals surface area contributed by atoms with E-state index in [1.807, 2.05) is 36.7 Å². The molecule has 0 bridgehead atoms. The third-order valence-corrected chi connectivity index (χ3v) is 5.37. The van der Waals surface area contributed by atoms with Crippen molar-refractivity contribution in [2.24, 2.45) is 0 Å². The van der Waals surface area contributed by atoms with Crippen molar-refractivity contribution < 1.29 is 9.47 Å². The van der Waals surface area contributed by atoms with Gasteiger partial charge in [-0.25, -0.2) is 4.98 Å². The molecule has 148 valence electrons. The molecule has 0 saturated carbocycles. The fraction of sp³-hybridized carbons (Fsp3) is 0.409. The number of aromatic nitrogens is 2. The van der Waals surface area contributed by atoms with Gasteiger partial charge in [0.25, 0.3) is 0 Å². The van der Waals surface area contributed by atoms with Crippen LogP contribution in [-0.4, -0.2) is 67.5 Å². The molecule has 1 aliphatic rings. The lowest BCUT2D eigenvalue weighted by Gasteiger charge is -2.36. The van der Waals surface area contributed by atoms with E-state index in [2.05, 4.69) is 37.5 Å². The van der Waals surface area contributed by atoms with Gasteiger partial charge in [0, 0.05) is 45.0 Å². The highest BCUT2D eigenvalue weighted by molar-refractivity contribution is 5.74. The summed E-state index contributed by atoms with van der Waals surface area (Å²) in [5, 5.41) is 0. The summed E-state index contributed by atoms with van der Waals surface area (Å²) in [6.45, 7) is 7.55. The summed E-state index contributed by atoms with van der Waals surface area (Å²) in [5.41, 5.74) is 3.47. The van der Waals surface area contributed by atoms with Crippen molar-refractivity contribution in [2.45, 2.75) is 6.54 Å². The highest BCUT2D eigenvalue weighted by atomic mass is 16.5. The second-order valence-corrected chi connectivity index (χ2v) is 7.07. The number of anilines is 1. The molecule has 0 N–H and O–H groups in total. The van der Waals surface area contributed by atoms with E-state index >= 15 is 0 Å². The van der Waals surface area contributed by atoms with Crippen LogP contribution >= 0.6 is 0 Å². The number of ether oxygens (including phenoxy) is 2. The van der Waals surface area contributed by atoms with Crippen LogP contribution in [0.25, 0.3) is 11.0 Å². The third-order valence-electron chi connectivity index (χ3n) is 5.37. The smallest absolute Gasteiger partial charge is 0.119 e. The largest absolute Gasteiger partial charge is 0.497 e. The number of methoxy groups -OCH3 is 1. The van der Waals surface area contributed by atoms with E-state index in [1.165, 1.54) is 11.2 Å². The summed E-state index contributed by atoms with van der Waals surface area (Å²) in [5.74, 6) is 0.906. The molecule has 6 nitrogen and oxygen atoms in total. The highest BCUT2D eigenvalue weighted by Crippen LogP contribution is 2.20. The van der Waals surface area contributed by atoms with Crippen molar-refractivity contribution in [2.75, 3.05) is 57.9 Å². The molecule has 2 aromatic carbocycles. The number of hydrogen-bond acceptors (Lipinski definition) is 5. The minimum absolute atomic E-state index is 0.714. The molecular weight excluding hydrogens is 352 g/mol. The molecule has 1 fully saturated rings. The average Bonchev–Trinajstić information content (AvgIpc) is 3.17. The van der Waals surface area contributed by atoms with Gasteiger partial charge in [0.05, 0.1) is 37.7 Å². The lowest BCUT2D eigenvalue weighted by molar-refractivity contribution is 0.0964. The standard InChI is InChI=1S/C22H28N4O2/c1-27-20-8-6-19(7-9-20)25-12-10-24(11-13-25)14-16-28-17-15-26-18-23-21-4-2-3-5-22(21)26/h2-9,18H,10-17H2,1H3. The number of hydrogen-bond donors (Lipinski definition) is 0. The Morgan fingerprint density at radius 2 is 1.64 bits per heavy atom. The van der Waals surface area contributed by atoms with Gasteiger partial charge < -0.3 is 18.9 Å². The number of para-hydroxylation sites is 2. The summed E-state index contributed by atoms with van der Waals surface area (Å²) in [6, 6.07) is 16.5. The molecule has 0 radical (unpaired) electrons. The minimum atomic E-state index is 0.714. The maximum absolute atomic E-state index is 5.88. The van der Waals surface area contributed by atoms with Crippen molar-refractivity contribution in [3.63, 3.8) is 0 Å². The first-order chi connectivity index (χ1) is 13.8. The van der Waals surface area contributed by atoms with Crippen molar-refractivity contribution >= 4 is 16.7 Å². The van der Waals surface area contributed by atoms with E-state index in [4.69, 9.17) is 9.47 Å². The Balaban J connectivity index is 1.15. The first kappa shape index (κ1) is 18.8. The second kappa shape index (κ2) is 9.08. The first-order valence-electron chi connectivity index (χ1n) is 9.92. The van der Waals surface area contributed by atoms with Crippen LogP contribution in [0, 0.1) is 0 Å². The number of piperazine rings is 1. The molecule has 3 aromatic rings. The first-order valence-corrected chi connectivity index (χ1v) is 9.92. The Kier molecular flexibility index (Phi) is 6.09. The molecule has 1 saturated heterocycles. The topological polar surface area (TPSA) is 42.8 Å². The van der Waals surface area contributed by atoms with E-state index in [-0.39, 0.29) is 0 Å². The Labute approximate surface area is 166 Å². The summed E-state index contributed by atoms with van der Waals surface area (Å²) < 4.78 is 13.3. The van der Waals surface area contributed by atoms with Crippen molar-refractivity contribution in [3.8, 4) is 5.75 Å². The minimum Gasteiger partial charge on any atom is -0.497 e. The SMILES string of the molecule is COc1ccc(N2CCN(CCOCCn3cnc4ccccc43)CC2)cc1. The number of imidazole rings is 1. The van der Waals surface area contributed by atoms with E-state index in [1.54, 1.807) is 7.11 Å². The molecule has 28 heavy (non-hydrogen) atoms. The zero-order chi connectivity index (χ0) is 19.2. The summed E-state index contributed by atoms with van der Waals surface area (Å²) in [4.78, 5) is 9.33. The molecule has 1 aliphatic heterocycles. The van der Waals surface area contributed by atoms with Crippen LogP contribution in [0.1, 0.15) is 0 Å². The van der Waals surface area contributed by atoms with E-state index in [0.717, 1.165) is 57.1 Å². The van der Waals surface area contributed by atoms with Crippen molar-refractivity contribution in [1.29, 1.82) is 0 Å². The predicted molar refractivity (Wildman–Crippen MR) is 112 cm³/mol. The summed E-state index contributed by atoms with van der Waals surface area (Å²) in [7, 11) is 1.70. The number of fused-ring (bicyclic) bond motifs is 1. The Hall–Kier alpha value is -2.57. The Morgan fingerprint density at radius 1 is 0.893 bits per heavy atom. The molecule has 0 aliphatic carbocycles. The van der Waals surface area contributed by atoms with Crippen LogP contribution in [0.2, 0.25) is 0 Å². The number of rotatable bonds is 8. The van der Waals surface area contributed by atoms with Gasteiger partial charge in [-0.2, -0.15) is 0 Å². The lowest BCUT2D eigenvalue weighted by atomic mass is 10.2. The summed E-state index contributed by atoms with van der Waals surface area (Å²) in [6.07, 6.45) is 1.90. The molecule has 4 rings (SSSR count). The normalized spacial score (nSPS) is 15.2. The molecule has 2 heterocycles. The van der Waals surface area contributed by atoms with Crippen LogP contribution in [0.5, 0.6) is 5.75 Å². The van der Waals surface area contributed by atoms with Gasteiger partial charge in [-0.1, -0.05) is 12.1 Å². The maximum Gasteiger partial charge on any atom is 0.119 e. The van der Waals surface area contributed by atoms with Crippen LogP contribution in [-0.2, 0) is 11.3 Å². The Bertz CT molecular complexity index is 870. The van der Waals surface area contributed by atoms with Gasteiger partial charge in [0.2, 0.25) is 0 Å². The summed E-state index contributed by atoms with van der Waals surface area (Å²) >= 11 is 0. The molecule has 0 amide bonds. The van der Waals surface area contributed by atoms with E-state index in [0.29, 0.717) is 6.61 Å². The molecule has 1 aromatic heterocycles. The van der Waals surface area contributed by atoms with Gasteiger partial charge in [-0.05, 0) is 36.4 Å². The van der Waals surface area contributed by atoms with Crippen LogP contribution in [0.4, 0.5) is 5.69 Å². The van der Waals surface area contributed by atoms with Crippen LogP contribution < -0.4 is 9.64 Å². The molecule has 6 heteroatoms. The lowest BCUT2D eigenvalue weighted by Crippen LogP contribution is -2.47. The molecule has 0 atom stereocenters. The quantitative estimate of drug-likeness (QED) is 0.562. The highest BCUT2D eigenvalue weighted by Gasteiger charge is 2.16. The van der Waals surface area contributed by atoms with Gasteiger partial charge in [-0.3, -0.25) is 4.90 Å². The van der Waals surface area contributed by atoms with Gasteiger partial charge >= 0.3 is 0 Å². The fourth-order valence-electron chi connectivity index (χ4n) is 3.67. The zero-order valence-corrected chi connectivity index (χ0v) is 16.5. The van der Waals surface area contributed by atoms with Crippen LogP contribution in [0.15, 0.2) is 54.9 Å². The molecular formula is C22H28N4O2. The monoisotopic (exact) mass is 380 g/mol. The van der Waals surface area contributed by atoms with E-state index in [9.17, 15) is 0 Å². The zero-order valence-electron chi connectivity index (χ0n) is 16.5.